The molecule has 1 saturated heterocycles. The zero-order valence-electron chi connectivity index (χ0n) is 13.2. The molecule has 0 aromatic heterocycles. The minimum Gasteiger partial charge on any atom is -0.351 e. The zero-order chi connectivity index (χ0) is 16.2. The zero-order valence-corrected chi connectivity index (χ0v) is 13.2. The quantitative estimate of drug-likeness (QED) is 0.929. The van der Waals surface area contributed by atoms with Gasteiger partial charge in [0.1, 0.15) is 5.82 Å². The molecule has 1 aromatic carbocycles. The van der Waals surface area contributed by atoms with E-state index in [0.29, 0.717) is 19.5 Å². The van der Waals surface area contributed by atoms with Crippen molar-refractivity contribution in [1.29, 1.82) is 0 Å². The lowest BCUT2D eigenvalue weighted by Gasteiger charge is -2.39. The van der Waals surface area contributed by atoms with Crippen molar-refractivity contribution in [1.82, 2.24) is 10.2 Å². The fourth-order valence-corrected chi connectivity index (χ4v) is 2.90. The maximum Gasteiger partial charge on any atom is 0.227 e. The highest BCUT2D eigenvalue weighted by Gasteiger charge is 2.38. The van der Waals surface area contributed by atoms with Gasteiger partial charge in [0.05, 0.1) is 5.41 Å². The van der Waals surface area contributed by atoms with E-state index in [4.69, 9.17) is 0 Å². The van der Waals surface area contributed by atoms with Gasteiger partial charge >= 0.3 is 0 Å². The summed E-state index contributed by atoms with van der Waals surface area (Å²) >= 11 is 0. The van der Waals surface area contributed by atoms with Crippen molar-refractivity contribution < 1.29 is 14.0 Å². The highest BCUT2D eigenvalue weighted by Crippen LogP contribution is 2.30. The molecule has 0 radical (unpaired) electrons. The topological polar surface area (TPSA) is 49.4 Å². The van der Waals surface area contributed by atoms with E-state index in [0.717, 1.165) is 24.9 Å². The third-order valence-corrected chi connectivity index (χ3v) is 4.24. The van der Waals surface area contributed by atoms with Gasteiger partial charge in [0, 0.05) is 26.1 Å². The molecule has 0 unspecified atom stereocenters. The number of halogens is 1. The fourth-order valence-electron chi connectivity index (χ4n) is 2.90. The maximum atomic E-state index is 13.1. The van der Waals surface area contributed by atoms with E-state index in [-0.39, 0.29) is 17.6 Å². The average molecular weight is 306 g/mol. The number of carbonyl (C=O) groups excluding carboxylic acids is 2. The third-order valence-electron chi connectivity index (χ3n) is 4.24. The van der Waals surface area contributed by atoms with Crippen LogP contribution in [-0.4, -0.2) is 29.8 Å². The number of likely N-dealkylation sites (tertiary alicyclic amines) is 1. The van der Waals surface area contributed by atoms with Gasteiger partial charge in [-0.25, -0.2) is 4.39 Å². The number of nitrogens with one attached hydrogen (secondary N) is 1. The smallest absolute Gasteiger partial charge is 0.227 e. The number of nitrogens with zero attached hydrogens (tertiary/aromatic N) is 1. The standard InChI is InChI=1S/C17H23FN2O2/c1-3-15(21)20-9-5-8-17(2,12-20)16(22)19-11-13-6-4-7-14(18)10-13/h4,6-7,10H,3,5,8-9,11-12H2,1-2H3,(H,19,22)/t17-/m0/s1. The third kappa shape index (κ3) is 3.84. The molecular weight excluding hydrogens is 283 g/mol. The number of amides is 2. The first-order valence-electron chi connectivity index (χ1n) is 7.75. The van der Waals surface area contributed by atoms with Crippen LogP contribution in [0.2, 0.25) is 0 Å². The van der Waals surface area contributed by atoms with Gasteiger partial charge in [0.15, 0.2) is 0 Å². The summed E-state index contributed by atoms with van der Waals surface area (Å²) in [6.07, 6.45) is 2.05. The molecule has 2 amide bonds. The molecule has 4 nitrogen and oxygen atoms in total. The van der Waals surface area contributed by atoms with E-state index in [1.54, 1.807) is 17.0 Å². The van der Waals surface area contributed by atoms with Gasteiger partial charge in [-0.15, -0.1) is 0 Å². The second-order valence-electron chi connectivity index (χ2n) is 6.15. The lowest BCUT2D eigenvalue weighted by Crippen LogP contribution is -2.51. The van der Waals surface area contributed by atoms with Crippen LogP contribution in [0, 0.1) is 11.2 Å². The number of piperidine rings is 1. The van der Waals surface area contributed by atoms with Crippen LogP contribution in [0.25, 0.3) is 0 Å². The van der Waals surface area contributed by atoms with Crippen molar-refractivity contribution in [3.8, 4) is 0 Å². The van der Waals surface area contributed by atoms with Crippen molar-refractivity contribution in [3.63, 3.8) is 0 Å². The Morgan fingerprint density at radius 2 is 2.18 bits per heavy atom. The molecule has 1 aliphatic rings. The van der Waals surface area contributed by atoms with E-state index in [9.17, 15) is 14.0 Å². The lowest BCUT2D eigenvalue weighted by molar-refractivity contribution is -0.140. The Kier molecular flexibility index (Phi) is 5.16. The Morgan fingerprint density at radius 1 is 1.41 bits per heavy atom. The van der Waals surface area contributed by atoms with Crippen LogP contribution >= 0.6 is 0 Å². The van der Waals surface area contributed by atoms with Gasteiger partial charge in [-0.1, -0.05) is 19.1 Å². The second-order valence-corrected chi connectivity index (χ2v) is 6.15. The Balaban J connectivity index is 1.97. The predicted molar refractivity (Wildman–Crippen MR) is 82.5 cm³/mol. The highest BCUT2D eigenvalue weighted by atomic mass is 19.1. The lowest BCUT2D eigenvalue weighted by atomic mass is 9.80. The monoisotopic (exact) mass is 306 g/mol. The van der Waals surface area contributed by atoms with Crippen molar-refractivity contribution in [2.75, 3.05) is 13.1 Å². The van der Waals surface area contributed by atoms with Gasteiger partial charge in [0.2, 0.25) is 11.8 Å². The van der Waals surface area contributed by atoms with Crippen LogP contribution in [0.1, 0.15) is 38.7 Å². The minimum absolute atomic E-state index is 0.0784. The Bertz CT molecular complexity index is 561. The molecule has 0 aliphatic carbocycles. The molecule has 1 aromatic rings. The summed E-state index contributed by atoms with van der Waals surface area (Å²) in [6, 6.07) is 6.19. The molecule has 0 saturated carbocycles. The summed E-state index contributed by atoms with van der Waals surface area (Å²) in [7, 11) is 0. The van der Waals surface area contributed by atoms with Crippen molar-refractivity contribution in [3.05, 3.63) is 35.6 Å². The van der Waals surface area contributed by atoms with Crippen LogP contribution in [-0.2, 0) is 16.1 Å². The summed E-state index contributed by atoms with van der Waals surface area (Å²) in [5.41, 5.74) is 0.158. The molecule has 0 bridgehead atoms. The molecule has 120 valence electrons. The number of hydrogen-bond acceptors (Lipinski definition) is 2. The molecule has 22 heavy (non-hydrogen) atoms. The number of hydrogen-bond donors (Lipinski definition) is 1. The Labute approximate surface area is 130 Å². The summed E-state index contributed by atoms with van der Waals surface area (Å²) in [4.78, 5) is 26.1. The van der Waals surface area contributed by atoms with Crippen LogP contribution in [0.15, 0.2) is 24.3 Å². The van der Waals surface area contributed by atoms with Gasteiger partial charge in [-0.2, -0.15) is 0 Å². The fraction of sp³-hybridized carbons (Fsp3) is 0.529. The first kappa shape index (κ1) is 16.5. The number of rotatable bonds is 4. The van der Waals surface area contributed by atoms with E-state index in [2.05, 4.69) is 5.32 Å². The normalized spacial score (nSPS) is 21.5. The van der Waals surface area contributed by atoms with Crippen molar-refractivity contribution in [2.24, 2.45) is 5.41 Å². The Hall–Kier alpha value is -1.91. The van der Waals surface area contributed by atoms with Gasteiger partial charge in [0.25, 0.3) is 0 Å². The van der Waals surface area contributed by atoms with Crippen molar-refractivity contribution >= 4 is 11.8 Å². The summed E-state index contributed by atoms with van der Waals surface area (Å²) < 4.78 is 13.1. The molecule has 5 heteroatoms. The number of benzene rings is 1. The van der Waals surface area contributed by atoms with Crippen LogP contribution in [0.5, 0.6) is 0 Å². The van der Waals surface area contributed by atoms with Gasteiger partial charge in [-0.05, 0) is 37.5 Å². The maximum absolute atomic E-state index is 13.1. The number of carbonyl (C=O) groups is 2. The second kappa shape index (κ2) is 6.90. The molecule has 0 spiro atoms. The molecule has 2 rings (SSSR count). The van der Waals surface area contributed by atoms with Gasteiger partial charge < -0.3 is 10.2 Å². The van der Waals surface area contributed by atoms with Crippen molar-refractivity contribution in [2.45, 2.75) is 39.7 Å². The molecular formula is C17H23FN2O2. The largest absolute Gasteiger partial charge is 0.351 e. The summed E-state index contributed by atoms with van der Waals surface area (Å²) in [5.74, 6) is -0.301. The SMILES string of the molecule is CCC(=O)N1CCC[C@](C)(C(=O)NCc2cccc(F)c2)C1. The molecule has 1 aliphatic heterocycles. The molecule has 1 N–H and O–H groups in total. The summed E-state index contributed by atoms with van der Waals surface area (Å²) in [5, 5.41) is 2.87. The Morgan fingerprint density at radius 3 is 2.86 bits per heavy atom. The molecule has 1 fully saturated rings. The minimum atomic E-state index is -0.573. The van der Waals surface area contributed by atoms with E-state index >= 15 is 0 Å². The first-order valence-corrected chi connectivity index (χ1v) is 7.75. The molecule has 1 heterocycles. The molecule has 1 atom stereocenters. The average Bonchev–Trinajstić information content (AvgIpc) is 2.52. The predicted octanol–water partition coefficient (Wildman–Crippen LogP) is 2.48. The van der Waals surface area contributed by atoms with Crippen LogP contribution in [0.3, 0.4) is 0 Å². The van der Waals surface area contributed by atoms with E-state index in [1.165, 1.54) is 12.1 Å². The summed E-state index contributed by atoms with van der Waals surface area (Å²) in [6.45, 7) is 5.20. The van der Waals surface area contributed by atoms with E-state index in [1.807, 2.05) is 13.8 Å². The first-order chi connectivity index (χ1) is 10.4. The highest BCUT2D eigenvalue weighted by molar-refractivity contribution is 5.84. The van der Waals surface area contributed by atoms with Gasteiger partial charge in [-0.3, -0.25) is 9.59 Å². The van der Waals surface area contributed by atoms with Crippen LogP contribution < -0.4 is 5.32 Å². The van der Waals surface area contributed by atoms with Crippen LogP contribution in [0.4, 0.5) is 4.39 Å². The van der Waals surface area contributed by atoms with E-state index < -0.39 is 5.41 Å².